The number of fused-ring (bicyclic) bond motifs is 1. The molecule has 1 saturated heterocycles. The highest BCUT2D eigenvalue weighted by Gasteiger charge is 2.21. The molecule has 0 amide bonds. The summed E-state index contributed by atoms with van der Waals surface area (Å²) in [6.45, 7) is 1.88. The maximum atomic E-state index is 12.1. The molecule has 0 spiro atoms. The number of nitrogens with zero attached hydrogens (tertiary/aromatic N) is 1. The van der Waals surface area contributed by atoms with Crippen LogP contribution in [0.2, 0.25) is 0 Å². The Hall–Kier alpha value is -1.78. The second-order valence-electron chi connectivity index (χ2n) is 4.72. The summed E-state index contributed by atoms with van der Waals surface area (Å²) in [5, 5.41) is 4.27. The molecule has 1 aromatic heterocycles. The fourth-order valence-corrected chi connectivity index (χ4v) is 2.28. The SMILES string of the molecule is O=C(Cc1ccc2ccccc2n1)C1COCCN1. The van der Waals surface area contributed by atoms with Crippen LogP contribution in [-0.2, 0) is 16.0 Å². The summed E-state index contributed by atoms with van der Waals surface area (Å²) in [6, 6.07) is 11.7. The van der Waals surface area contributed by atoms with Crippen LogP contribution in [0.5, 0.6) is 0 Å². The van der Waals surface area contributed by atoms with Gasteiger partial charge in [0, 0.05) is 17.6 Å². The molecule has 1 unspecified atom stereocenters. The van der Waals surface area contributed by atoms with E-state index in [1.54, 1.807) is 0 Å². The quantitative estimate of drug-likeness (QED) is 0.900. The predicted molar refractivity (Wildman–Crippen MR) is 73.1 cm³/mol. The lowest BCUT2D eigenvalue weighted by molar-refractivity contribution is -0.123. The molecule has 2 heterocycles. The van der Waals surface area contributed by atoms with Crippen LogP contribution >= 0.6 is 0 Å². The summed E-state index contributed by atoms with van der Waals surface area (Å²) in [5.41, 5.74) is 1.75. The molecule has 0 saturated carbocycles. The minimum absolute atomic E-state index is 0.141. The molecule has 1 atom stereocenters. The van der Waals surface area contributed by atoms with Crippen LogP contribution in [0.15, 0.2) is 36.4 Å². The van der Waals surface area contributed by atoms with Crippen molar-refractivity contribution in [1.29, 1.82) is 0 Å². The topological polar surface area (TPSA) is 51.2 Å². The molecule has 3 rings (SSSR count). The number of pyridine rings is 1. The smallest absolute Gasteiger partial charge is 0.158 e. The van der Waals surface area contributed by atoms with Gasteiger partial charge >= 0.3 is 0 Å². The average molecular weight is 256 g/mol. The summed E-state index contributed by atoms with van der Waals surface area (Å²) in [4.78, 5) is 16.6. The molecule has 1 fully saturated rings. The lowest BCUT2D eigenvalue weighted by Crippen LogP contribution is -2.47. The van der Waals surface area contributed by atoms with Gasteiger partial charge in [-0.1, -0.05) is 24.3 Å². The standard InChI is InChI=1S/C15H16N2O2/c18-15(14-10-19-8-7-16-14)9-12-6-5-11-3-1-2-4-13(11)17-12/h1-6,14,16H,7-10H2. The number of benzene rings is 1. The Morgan fingerprint density at radius 2 is 2.21 bits per heavy atom. The van der Waals surface area contributed by atoms with Gasteiger partial charge in [0.2, 0.25) is 0 Å². The summed E-state index contributed by atoms with van der Waals surface area (Å²) >= 11 is 0. The van der Waals surface area contributed by atoms with Crippen LogP contribution < -0.4 is 5.32 Å². The third kappa shape index (κ3) is 2.80. The highest BCUT2D eigenvalue weighted by molar-refractivity contribution is 5.87. The summed E-state index contributed by atoms with van der Waals surface area (Å²) in [7, 11) is 0. The van der Waals surface area contributed by atoms with Crippen LogP contribution in [0.3, 0.4) is 0 Å². The van der Waals surface area contributed by atoms with Crippen molar-refractivity contribution in [1.82, 2.24) is 10.3 Å². The molecule has 0 aliphatic carbocycles. The molecule has 19 heavy (non-hydrogen) atoms. The minimum Gasteiger partial charge on any atom is -0.378 e. The third-order valence-corrected chi connectivity index (χ3v) is 3.32. The molecule has 0 radical (unpaired) electrons. The molecule has 2 aromatic rings. The van der Waals surface area contributed by atoms with Gasteiger partial charge in [-0.15, -0.1) is 0 Å². The van der Waals surface area contributed by atoms with Crippen molar-refractivity contribution < 1.29 is 9.53 Å². The number of nitrogens with one attached hydrogen (secondary N) is 1. The number of carbonyl (C=O) groups is 1. The van der Waals surface area contributed by atoms with Gasteiger partial charge in [-0.2, -0.15) is 0 Å². The first-order valence-corrected chi connectivity index (χ1v) is 6.51. The monoisotopic (exact) mass is 256 g/mol. The van der Waals surface area contributed by atoms with E-state index in [1.165, 1.54) is 0 Å². The Labute approximate surface area is 111 Å². The Balaban J connectivity index is 1.75. The van der Waals surface area contributed by atoms with Crippen LogP contribution in [0.25, 0.3) is 10.9 Å². The Bertz CT molecular complexity index is 591. The highest BCUT2D eigenvalue weighted by Crippen LogP contribution is 2.12. The van der Waals surface area contributed by atoms with Crippen molar-refractivity contribution in [2.75, 3.05) is 19.8 Å². The van der Waals surface area contributed by atoms with E-state index in [0.717, 1.165) is 23.1 Å². The third-order valence-electron chi connectivity index (χ3n) is 3.32. The van der Waals surface area contributed by atoms with E-state index in [4.69, 9.17) is 4.74 Å². The van der Waals surface area contributed by atoms with Crippen molar-refractivity contribution in [3.05, 3.63) is 42.1 Å². The van der Waals surface area contributed by atoms with E-state index in [9.17, 15) is 4.79 Å². The Morgan fingerprint density at radius 1 is 1.32 bits per heavy atom. The number of aromatic nitrogens is 1. The van der Waals surface area contributed by atoms with Crippen molar-refractivity contribution in [2.45, 2.75) is 12.5 Å². The number of ether oxygens (including phenoxy) is 1. The van der Waals surface area contributed by atoms with Gasteiger partial charge in [0.25, 0.3) is 0 Å². The van der Waals surface area contributed by atoms with E-state index < -0.39 is 0 Å². The summed E-state index contributed by atoms with van der Waals surface area (Å²) in [5.74, 6) is 0.141. The van der Waals surface area contributed by atoms with Crippen molar-refractivity contribution in [3.63, 3.8) is 0 Å². The fourth-order valence-electron chi connectivity index (χ4n) is 2.28. The molecule has 4 nitrogen and oxygen atoms in total. The molecule has 98 valence electrons. The maximum absolute atomic E-state index is 12.1. The predicted octanol–water partition coefficient (Wildman–Crippen LogP) is 1.33. The van der Waals surface area contributed by atoms with Gasteiger partial charge in [-0.3, -0.25) is 9.78 Å². The number of Topliss-reactive ketones (excluding diaryl/α,β-unsaturated/α-hetero) is 1. The highest BCUT2D eigenvalue weighted by atomic mass is 16.5. The number of ketones is 1. The number of morpholine rings is 1. The number of para-hydroxylation sites is 1. The largest absolute Gasteiger partial charge is 0.378 e. The van der Waals surface area contributed by atoms with Gasteiger partial charge in [0.1, 0.15) is 0 Å². The maximum Gasteiger partial charge on any atom is 0.158 e. The molecule has 4 heteroatoms. The molecule has 1 aliphatic heterocycles. The van der Waals surface area contributed by atoms with Crippen molar-refractivity contribution >= 4 is 16.7 Å². The normalized spacial score (nSPS) is 19.5. The zero-order chi connectivity index (χ0) is 13.1. The van der Waals surface area contributed by atoms with Crippen molar-refractivity contribution in [3.8, 4) is 0 Å². The first-order chi connectivity index (χ1) is 9.33. The zero-order valence-electron chi connectivity index (χ0n) is 10.6. The molecular formula is C15H16N2O2. The summed E-state index contributed by atoms with van der Waals surface area (Å²) < 4.78 is 5.31. The number of hydrogen-bond acceptors (Lipinski definition) is 4. The van der Waals surface area contributed by atoms with Crippen molar-refractivity contribution in [2.24, 2.45) is 0 Å². The van der Waals surface area contributed by atoms with E-state index >= 15 is 0 Å². The minimum atomic E-state index is -0.193. The van der Waals surface area contributed by atoms with Gasteiger partial charge in [0.15, 0.2) is 5.78 Å². The van der Waals surface area contributed by atoms with E-state index in [1.807, 2.05) is 36.4 Å². The van der Waals surface area contributed by atoms with Crippen LogP contribution in [0, 0.1) is 0 Å². The first-order valence-electron chi connectivity index (χ1n) is 6.51. The van der Waals surface area contributed by atoms with E-state index in [0.29, 0.717) is 19.6 Å². The average Bonchev–Trinajstić information content (AvgIpc) is 2.48. The Kier molecular flexibility index (Phi) is 3.53. The number of carbonyl (C=O) groups excluding carboxylic acids is 1. The number of rotatable bonds is 3. The molecular weight excluding hydrogens is 240 g/mol. The van der Waals surface area contributed by atoms with E-state index in [2.05, 4.69) is 10.3 Å². The lowest BCUT2D eigenvalue weighted by atomic mass is 10.1. The lowest BCUT2D eigenvalue weighted by Gasteiger charge is -2.22. The molecule has 0 bridgehead atoms. The second kappa shape index (κ2) is 5.47. The van der Waals surface area contributed by atoms with Crippen LogP contribution in [-0.4, -0.2) is 36.6 Å². The second-order valence-corrected chi connectivity index (χ2v) is 4.72. The summed E-state index contributed by atoms with van der Waals surface area (Å²) in [6.07, 6.45) is 0.353. The van der Waals surface area contributed by atoms with Crippen LogP contribution in [0.4, 0.5) is 0 Å². The molecule has 1 aliphatic rings. The van der Waals surface area contributed by atoms with Gasteiger partial charge in [-0.05, 0) is 12.1 Å². The fraction of sp³-hybridized carbons (Fsp3) is 0.333. The molecule has 1 aromatic carbocycles. The van der Waals surface area contributed by atoms with E-state index in [-0.39, 0.29) is 11.8 Å². The number of hydrogen-bond donors (Lipinski definition) is 1. The molecule has 1 N–H and O–H groups in total. The van der Waals surface area contributed by atoms with Gasteiger partial charge < -0.3 is 10.1 Å². The first kappa shape index (κ1) is 12.3. The Morgan fingerprint density at radius 3 is 3.05 bits per heavy atom. The zero-order valence-corrected chi connectivity index (χ0v) is 10.6. The van der Waals surface area contributed by atoms with Crippen LogP contribution in [0.1, 0.15) is 5.69 Å². The van der Waals surface area contributed by atoms with Gasteiger partial charge in [-0.25, -0.2) is 0 Å². The van der Waals surface area contributed by atoms with Gasteiger partial charge in [0.05, 0.1) is 31.2 Å².